The van der Waals surface area contributed by atoms with Gasteiger partial charge >= 0.3 is 12.4 Å². The highest BCUT2D eigenvalue weighted by atomic mass is 35.5. The molecule has 0 spiro atoms. The molecule has 202 valence electrons. The van der Waals surface area contributed by atoms with Crippen molar-refractivity contribution in [1.29, 1.82) is 0 Å². The molecule has 4 rings (SSSR count). The van der Waals surface area contributed by atoms with E-state index in [2.05, 4.69) is 0 Å². The average Bonchev–Trinajstić information content (AvgIpc) is 2.82. The Morgan fingerprint density at radius 1 is 0.865 bits per heavy atom. The van der Waals surface area contributed by atoms with Crippen LogP contribution in [0.1, 0.15) is 52.2 Å². The fourth-order valence-corrected chi connectivity index (χ4v) is 5.17. The molecule has 2 heterocycles. The topological polar surface area (TPSA) is 23.6 Å². The number of likely N-dealkylation sites (tertiary alicyclic amines) is 2. The minimum Gasteiger partial charge on any atom is -0.338 e. The number of piperidine rings is 2. The van der Waals surface area contributed by atoms with Gasteiger partial charge in [-0.25, -0.2) is 8.78 Å². The van der Waals surface area contributed by atoms with Crippen LogP contribution >= 0.6 is 11.6 Å². The molecule has 2 aliphatic rings. The number of hydrogen-bond donors (Lipinski definition) is 0. The van der Waals surface area contributed by atoms with Crippen molar-refractivity contribution in [1.82, 2.24) is 9.80 Å². The molecule has 0 bridgehead atoms. The second kappa shape index (κ2) is 10.1. The number of nitrogens with zero attached hydrogens (tertiary/aromatic N) is 2. The first-order valence-corrected chi connectivity index (χ1v) is 12.0. The molecule has 0 aliphatic carbocycles. The molecule has 2 aromatic carbocycles. The molecule has 0 radical (unpaired) electrons. The third-order valence-electron chi connectivity index (χ3n) is 6.99. The predicted octanol–water partition coefficient (Wildman–Crippen LogP) is 7.11. The molecule has 0 unspecified atom stereocenters. The molecule has 2 aliphatic heterocycles. The molecule has 0 saturated carbocycles. The predicted molar refractivity (Wildman–Crippen MR) is 121 cm³/mol. The van der Waals surface area contributed by atoms with Crippen molar-refractivity contribution in [2.75, 3.05) is 26.2 Å². The summed E-state index contributed by atoms with van der Waals surface area (Å²) in [5.41, 5.74) is -3.11. The fourth-order valence-electron chi connectivity index (χ4n) is 5.04. The average molecular weight is 555 g/mol. The van der Waals surface area contributed by atoms with Gasteiger partial charge in [0.15, 0.2) is 0 Å². The van der Waals surface area contributed by atoms with Gasteiger partial charge in [0.05, 0.1) is 11.1 Å². The molecule has 37 heavy (non-hydrogen) atoms. The van der Waals surface area contributed by atoms with Gasteiger partial charge in [0.1, 0.15) is 0 Å². The summed E-state index contributed by atoms with van der Waals surface area (Å²) in [6.45, 7) is 0.324. The van der Waals surface area contributed by atoms with E-state index in [1.165, 1.54) is 4.90 Å². The zero-order chi connectivity index (χ0) is 27.2. The van der Waals surface area contributed by atoms with Crippen LogP contribution in [0, 0.1) is 0 Å². The zero-order valence-electron chi connectivity index (χ0n) is 19.4. The van der Waals surface area contributed by atoms with Crippen molar-refractivity contribution >= 4 is 17.5 Å². The number of hydrogen-bond acceptors (Lipinski definition) is 2. The first kappa shape index (κ1) is 27.6. The van der Waals surface area contributed by atoms with Crippen molar-refractivity contribution < 1.29 is 39.9 Å². The Bertz CT molecular complexity index is 1090. The molecule has 1 amide bonds. The molecule has 0 aromatic heterocycles. The Hall–Kier alpha value is -2.40. The van der Waals surface area contributed by atoms with E-state index in [0.29, 0.717) is 23.6 Å². The Balaban J connectivity index is 1.64. The molecular weight excluding hydrogens is 532 g/mol. The monoisotopic (exact) mass is 554 g/mol. The molecule has 2 aromatic rings. The molecule has 12 heteroatoms. The van der Waals surface area contributed by atoms with Crippen LogP contribution in [-0.2, 0) is 12.4 Å². The van der Waals surface area contributed by atoms with Crippen molar-refractivity contribution in [2.45, 2.75) is 49.5 Å². The minimum absolute atomic E-state index is 0.00434. The Kier molecular flexibility index (Phi) is 7.51. The maximum atomic E-state index is 13.7. The summed E-state index contributed by atoms with van der Waals surface area (Å²) in [6.07, 6.45) is -10.5. The third kappa shape index (κ3) is 6.37. The van der Waals surface area contributed by atoms with Crippen LogP contribution < -0.4 is 0 Å². The van der Waals surface area contributed by atoms with Gasteiger partial charge in [0.2, 0.25) is 0 Å². The maximum absolute atomic E-state index is 13.7. The van der Waals surface area contributed by atoms with Crippen LogP contribution in [-0.4, -0.2) is 53.9 Å². The lowest BCUT2D eigenvalue weighted by Crippen LogP contribution is -2.54. The molecule has 2 saturated heterocycles. The summed E-state index contributed by atoms with van der Waals surface area (Å²) >= 11 is 5.99. The standard InChI is InChI=1S/C25H23ClF8N2O/c26-19-3-1-15(2-4-19)20-14-36(8-5-21(20)35-9-6-23(27,28)7-10-35)22(37)16-11-17(24(29,30)31)13-18(12-16)25(32,33)34/h1-4,11-13,20-21H,5-10,14H2/t20-,21-/m1/s1. The van der Waals surface area contributed by atoms with E-state index in [1.807, 2.05) is 4.90 Å². The van der Waals surface area contributed by atoms with Crippen LogP contribution in [0.3, 0.4) is 0 Å². The summed E-state index contributed by atoms with van der Waals surface area (Å²) in [7, 11) is 0. The molecular formula is C25H23ClF8N2O. The van der Waals surface area contributed by atoms with Gasteiger partial charge in [-0.05, 0) is 42.3 Å². The SMILES string of the molecule is O=C(c1cc(C(F)(F)F)cc(C(F)(F)F)c1)N1CC[C@@H](N2CCC(F)(F)CC2)[C@@H](c2ccc(Cl)cc2)C1. The summed E-state index contributed by atoms with van der Waals surface area (Å²) in [4.78, 5) is 16.4. The summed E-state index contributed by atoms with van der Waals surface area (Å²) < 4.78 is 107. The summed E-state index contributed by atoms with van der Waals surface area (Å²) in [6, 6.07) is 7.28. The van der Waals surface area contributed by atoms with Crippen molar-refractivity contribution in [2.24, 2.45) is 0 Å². The number of carbonyl (C=O) groups is 1. The molecule has 2 fully saturated rings. The van der Waals surface area contributed by atoms with Crippen molar-refractivity contribution in [3.05, 3.63) is 69.7 Å². The van der Waals surface area contributed by atoms with Crippen molar-refractivity contribution in [3.8, 4) is 0 Å². The van der Waals surface area contributed by atoms with E-state index in [1.54, 1.807) is 24.3 Å². The maximum Gasteiger partial charge on any atom is 0.416 e. The third-order valence-corrected chi connectivity index (χ3v) is 7.25. The van der Waals surface area contributed by atoms with Crippen molar-refractivity contribution in [3.63, 3.8) is 0 Å². The van der Waals surface area contributed by atoms with Gasteiger partial charge in [-0.2, -0.15) is 26.3 Å². The second-order valence-corrected chi connectivity index (χ2v) is 9.89. The van der Waals surface area contributed by atoms with E-state index in [9.17, 15) is 39.9 Å². The van der Waals surface area contributed by atoms with Crippen LogP contribution in [0.25, 0.3) is 0 Å². The first-order chi connectivity index (χ1) is 17.1. The van der Waals surface area contributed by atoms with Crippen LogP contribution in [0.2, 0.25) is 5.02 Å². The highest BCUT2D eigenvalue weighted by molar-refractivity contribution is 6.30. The van der Waals surface area contributed by atoms with E-state index in [0.717, 1.165) is 5.56 Å². The van der Waals surface area contributed by atoms with Crippen LogP contribution in [0.15, 0.2) is 42.5 Å². The van der Waals surface area contributed by atoms with Gasteiger partial charge in [-0.3, -0.25) is 9.69 Å². The van der Waals surface area contributed by atoms with Gasteiger partial charge in [0.25, 0.3) is 11.8 Å². The summed E-state index contributed by atoms with van der Waals surface area (Å²) in [5.74, 6) is -4.13. The number of halogens is 9. The largest absolute Gasteiger partial charge is 0.416 e. The lowest BCUT2D eigenvalue weighted by atomic mass is 9.83. The fraction of sp³-hybridized carbons (Fsp3) is 0.480. The van der Waals surface area contributed by atoms with Gasteiger partial charge in [-0.15, -0.1) is 0 Å². The highest BCUT2D eigenvalue weighted by Gasteiger charge is 2.42. The lowest BCUT2D eigenvalue weighted by Gasteiger charge is -2.46. The number of benzene rings is 2. The minimum atomic E-state index is -5.08. The normalized spacial score (nSPS) is 23.2. The van der Waals surface area contributed by atoms with E-state index >= 15 is 0 Å². The quantitative estimate of drug-likeness (QED) is 0.378. The smallest absolute Gasteiger partial charge is 0.338 e. The van der Waals surface area contributed by atoms with E-state index in [-0.39, 0.29) is 51.1 Å². The zero-order valence-corrected chi connectivity index (χ0v) is 20.1. The van der Waals surface area contributed by atoms with E-state index in [4.69, 9.17) is 11.6 Å². The van der Waals surface area contributed by atoms with E-state index < -0.39 is 46.8 Å². The highest BCUT2D eigenvalue weighted by Crippen LogP contribution is 2.39. The Morgan fingerprint density at radius 3 is 1.92 bits per heavy atom. The van der Waals surface area contributed by atoms with Gasteiger partial charge in [-0.1, -0.05) is 23.7 Å². The Morgan fingerprint density at radius 2 is 1.41 bits per heavy atom. The molecule has 3 nitrogen and oxygen atoms in total. The van der Waals surface area contributed by atoms with Gasteiger partial charge in [0, 0.05) is 61.6 Å². The first-order valence-electron chi connectivity index (χ1n) is 11.6. The summed E-state index contributed by atoms with van der Waals surface area (Å²) in [5, 5.41) is 0.449. The number of carbonyl (C=O) groups excluding carboxylic acids is 1. The number of amides is 1. The second-order valence-electron chi connectivity index (χ2n) is 9.45. The molecule has 2 atom stereocenters. The number of alkyl halides is 8. The molecule has 0 N–H and O–H groups in total. The van der Waals surface area contributed by atoms with Gasteiger partial charge < -0.3 is 4.90 Å². The lowest BCUT2D eigenvalue weighted by molar-refractivity contribution is -0.143. The van der Waals surface area contributed by atoms with Crippen LogP contribution in [0.4, 0.5) is 35.1 Å². The Labute approximate surface area is 213 Å². The number of rotatable bonds is 3. The van der Waals surface area contributed by atoms with Crippen LogP contribution in [0.5, 0.6) is 0 Å².